The maximum atomic E-state index is 12.5. The van der Waals surface area contributed by atoms with Gasteiger partial charge in [-0.1, -0.05) is 35.9 Å². The molecule has 2 aliphatic rings. The Labute approximate surface area is 230 Å². The van der Waals surface area contributed by atoms with Crippen molar-refractivity contribution in [2.24, 2.45) is 7.05 Å². The van der Waals surface area contributed by atoms with E-state index in [1.165, 1.54) is 12.8 Å². The quantitative estimate of drug-likeness (QED) is 0.456. The van der Waals surface area contributed by atoms with Gasteiger partial charge in [0.15, 0.2) is 0 Å². The second kappa shape index (κ2) is 11.8. The molecule has 9 heteroatoms. The number of benzene rings is 1. The number of likely N-dealkylation sites (N-methyl/N-ethyl adjacent to an activating group) is 1. The van der Waals surface area contributed by atoms with Crippen molar-refractivity contribution in [3.05, 3.63) is 53.8 Å². The summed E-state index contributed by atoms with van der Waals surface area (Å²) in [6.45, 7) is 4.20. The highest BCUT2D eigenvalue weighted by Crippen LogP contribution is 2.34. The Morgan fingerprint density at radius 3 is 2.76 bits per heavy atom. The van der Waals surface area contributed by atoms with Crippen LogP contribution in [0.25, 0.3) is 22.2 Å². The molecule has 1 N–H and O–H groups in total. The number of fused-ring (bicyclic) bond motifs is 1. The summed E-state index contributed by atoms with van der Waals surface area (Å²) in [5.41, 5.74) is 2.92. The lowest BCUT2D eigenvalue weighted by Gasteiger charge is -2.42. The van der Waals surface area contributed by atoms with Crippen LogP contribution in [0, 0.1) is 0 Å². The van der Waals surface area contributed by atoms with Gasteiger partial charge in [-0.2, -0.15) is 0 Å². The van der Waals surface area contributed by atoms with Crippen molar-refractivity contribution < 1.29 is 4.79 Å². The van der Waals surface area contributed by atoms with Gasteiger partial charge in [0.1, 0.15) is 0 Å². The topological polar surface area (TPSA) is 69.5 Å². The molecule has 0 spiro atoms. The number of hydrogen-bond acceptors (Lipinski definition) is 6. The molecule has 0 unspecified atom stereocenters. The number of nitrogens with zero attached hydrogens (tertiary/aromatic N) is 6. The molecule has 0 bridgehead atoms. The highest BCUT2D eigenvalue weighted by atomic mass is 35.5. The van der Waals surface area contributed by atoms with Crippen LogP contribution in [0.2, 0.25) is 5.02 Å². The van der Waals surface area contributed by atoms with Gasteiger partial charge < -0.3 is 19.7 Å². The number of nitrogens with one attached hydrogen (secondary N) is 1. The number of anilines is 1. The van der Waals surface area contributed by atoms with E-state index in [0.717, 1.165) is 67.7 Å². The molecule has 1 aliphatic heterocycles. The van der Waals surface area contributed by atoms with Gasteiger partial charge in [-0.05, 0) is 45.8 Å². The number of halogens is 1. The first-order valence-corrected chi connectivity index (χ1v) is 13.9. The Morgan fingerprint density at radius 2 is 1.97 bits per heavy atom. The molecule has 2 aromatic heterocycles. The van der Waals surface area contributed by atoms with E-state index in [1.54, 1.807) is 12.3 Å². The first kappa shape index (κ1) is 26.7. The number of carbonyl (C=O) groups excluding carboxylic acids is 1. The Balaban J connectivity index is 1.21. The van der Waals surface area contributed by atoms with E-state index in [-0.39, 0.29) is 5.91 Å². The number of para-hydroxylation sites is 1. The summed E-state index contributed by atoms with van der Waals surface area (Å²) in [4.78, 5) is 28.5. The molecule has 202 valence electrons. The van der Waals surface area contributed by atoms with Crippen LogP contribution < -0.4 is 5.32 Å². The summed E-state index contributed by atoms with van der Waals surface area (Å²) in [5, 5.41) is 5.29. The third-order valence-corrected chi connectivity index (χ3v) is 8.03. The summed E-state index contributed by atoms with van der Waals surface area (Å²) in [5.74, 6) is 0.750. The summed E-state index contributed by atoms with van der Waals surface area (Å²) >= 11 is 6.58. The number of aromatic nitrogens is 3. The van der Waals surface area contributed by atoms with Crippen LogP contribution in [-0.4, -0.2) is 94.0 Å². The summed E-state index contributed by atoms with van der Waals surface area (Å²) in [7, 11) is 6.05. The smallest absolute Gasteiger partial charge is 0.246 e. The predicted octanol–water partition coefficient (Wildman–Crippen LogP) is 4.27. The molecule has 1 saturated carbocycles. The molecular formula is C29H38ClN7O. The van der Waals surface area contributed by atoms with Crippen LogP contribution in [0.4, 0.5) is 5.95 Å². The number of rotatable bonds is 7. The minimum Gasteiger partial charge on any atom is -0.351 e. The highest BCUT2D eigenvalue weighted by Gasteiger charge is 2.30. The van der Waals surface area contributed by atoms with Gasteiger partial charge in [0, 0.05) is 80.6 Å². The third-order valence-electron chi connectivity index (χ3n) is 7.75. The zero-order valence-corrected chi connectivity index (χ0v) is 23.4. The maximum absolute atomic E-state index is 12.5. The van der Waals surface area contributed by atoms with Gasteiger partial charge in [-0.25, -0.2) is 9.97 Å². The molecule has 1 aliphatic carbocycles. The molecule has 0 radical (unpaired) electrons. The highest BCUT2D eigenvalue weighted by molar-refractivity contribution is 6.33. The first-order valence-electron chi connectivity index (χ1n) is 13.6. The van der Waals surface area contributed by atoms with E-state index < -0.39 is 0 Å². The first-order chi connectivity index (χ1) is 18.4. The summed E-state index contributed by atoms with van der Waals surface area (Å²) in [6.07, 6.45) is 12.0. The van der Waals surface area contributed by atoms with Crippen molar-refractivity contribution in [3.8, 4) is 11.3 Å². The second-order valence-electron chi connectivity index (χ2n) is 10.7. The molecule has 3 aromatic rings. The molecular weight excluding hydrogens is 498 g/mol. The Kier molecular flexibility index (Phi) is 8.31. The van der Waals surface area contributed by atoms with E-state index in [2.05, 4.69) is 43.0 Å². The molecule has 5 rings (SSSR count). The van der Waals surface area contributed by atoms with Crippen molar-refractivity contribution >= 4 is 34.4 Å². The molecule has 2 fully saturated rings. The Hall–Kier alpha value is -2.94. The largest absolute Gasteiger partial charge is 0.351 e. The van der Waals surface area contributed by atoms with Crippen LogP contribution in [-0.2, 0) is 11.8 Å². The van der Waals surface area contributed by atoms with Crippen molar-refractivity contribution in [2.75, 3.05) is 52.1 Å². The zero-order valence-electron chi connectivity index (χ0n) is 22.6. The fraction of sp³-hybridized carbons (Fsp3) is 0.483. The summed E-state index contributed by atoms with van der Waals surface area (Å²) < 4.78 is 2.11. The Bertz CT molecular complexity index is 1300. The fourth-order valence-electron chi connectivity index (χ4n) is 5.74. The van der Waals surface area contributed by atoms with Crippen LogP contribution in [0.3, 0.4) is 0 Å². The van der Waals surface area contributed by atoms with E-state index in [0.29, 0.717) is 23.1 Å². The minimum absolute atomic E-state index is 0.122. The standard InChI is InChI=1S/C29H38ClN7O/c1-34(2)13-7-12-27(38)37-16-14-36(15-17-37)22-9-6-8-21(18-22)32-29-31-19-25(30)28(33-29)24-20-35(3)26-11-5-4-10-23(24)26/h4-5,7,10-12,19-22H,6,8-9,13-18H2,1-3H3,(H,31,32,33)/b12-7+/t21-,22+/m1/s1. The Morgan fingerprint density at radius 1 is 1.18 bits per heavy atom. The second-order valence-corrected chi connectivity index (χ2v) is 11.2. The fourth-order valence-corrected chi connectivity index (χ4v) is 5.94. The number of piperazine rings is 1. The molecule has 1 saturated heterocycles. The van der Waals surface area contributed by atoms with E-state index in [1.807, 2.05) is 44.3 Å². The van der Waals surface area contributed by atoms with Crippen molar-refractivity contribution in [1.29, 1.82) is 0 Å². The lowest BCUT2D eigenvalue weighted by molar-refractivity contribution is -0.128. The van der Waals surface area contributed by atoms with Crippen molar-refractivity contribution in [3.63, 3.8) is 0 Å². The minimum atomic E-state index is 0.122. The van der Waals surface area contributed by atoms with E-state index in [9.17, 15) is 4.79 Å². The van der Waals surface area contributed by atoms with Gasteiger partial charge >= 0.3 is 0 Å². The monoisotopic (exact) mass is 535 g/mol. The number of hydrogen-bond donors (Lipinski definition) is 1. The molecule has 1 amide bonds. The molecule has 8 nitrogen and oxygen atoms in total. The predicted molar refractivity (Wildman–Crippen MR) is 154 cm³/mol. The average molecular weight is 536 g/mol. The lowest BCUT2D eigenvalue weighted by atomic mass is 9.89. The normalized spacial score (nSPS) is 21.0. The SMILES string of the molecule is CN(C)C/C=C/C(=O)N1CCN([C@H]2CCC[C@@H](Nc3ncc(Cl)c(-c4cn(C)c5ccccc45)n3)C2)CC1. The van der Waals surface area contributed by atoms with Crippen LogP contribution >= 0.6 is 11.6 Å². The van der Waals surface area contributed by atoms with Gasteiger partial charge in [-0.15, -0.1) is 0 Å². The maximum Gasteiger partial charge on any atom is 0.246 e. The van der Waals surface area contributed by atoms with Crippen molar-refractivity contribution in [1.82, 2.24) is 29.2 Å². The lowest BCUT2D eigenvalue weighted by Crippen LogP contribution is -2.53. The van der Waals surface area contributed by atoms with E-state index in [4.69, 9.17) is 16.6 Å². The molecule has 1 aromatic carbocycles. The third kappa shape index (κ3) is 6.03. The number of amides is 1. The van der Waals surface area contributed by atoms with Crippen molar-refractivity contribution in [2.45, 2.75) is 37.8 Å². The van der Waals surface area contributed by atoms with Crippen LogP contribution in [0.5, 0.6) is 0 Å². The van der Waals surface area contributed by atoms with Gasteiger partial charge in [-0.3, -0.25) is 9.69 Å². The zero-order chi connectivity index (χ0) is 26.6. The van der Waals surface area contributed by atoms with Gasteiger partial charge in [0.2, 0.25) is 11.9 Å². The van der Waals surface area contributed by atoms with Gasteiger partial charge in [0.05, 0.1) is 16.9 Å². The molecule has 3 heterocycles. The molecule has 2 atom stereocenters. The number of carbonyl (C=O) groups is 1. The molecule has 38 heavy (non-hydrogen) atoms. The summed E-state index contributed by atoms with van der Waals surface area (Å²) in [6, 6.07) is 9.11. The average Bonchev–Trinajstić information content (AvgIpc) is 3.26. The van der Waals surface area contributed by atoms with Crippen LogP contribution in [0.1, 0.15) is 25.7 Å². The van der Waals surface area contributed by atoms with E-state index >= 15 is 0 Å². The van der Waals surface area contributed by atoms with Crippen LogP contribution in [0.15, 0.2) is 48.8 Å². The number of aryl methyl sites for hydroxylation is 1. The van der Waals surface area contributed by atoms with Gasteiger partial charge in [0.25, 0.3) is 0 Å².